The lowest BCUT2D eigenvalue weighted by molar-refractivity contribution is -0.147. The van der Waals surface area contributed by atoms with Crippen LogP contribution in [0.15, 0.2) is 59.7 Å². The Hall–Kier alpha value is -7.97. The van der Waals surface area contributed by atoms with Gasteiger partial charge < -0.3 is 55.9 Å². The summed E-state index contributed by atoms with van der Waals surface area (Å²) in [7, 11) is 2.59. The number of alkyl halides is 2. The summed E-state index contributed by atoms with van der Waals surface area (Å²) in [4.78, 5) is 150. The van der Waals surface area contributed by atoms with Crippen molar-refractivity contribution in [1.82, 2.24) is 60.6 Å². The van der Waals surface area contributed by atoms with E-state index in [1.54, 1.807) is 42.7 Å². The first-order valence-electron chi connectivity index (χ1n) is 31.5. The second kappa shape index (κ2) is 38.4. The number of pyridine rings is 1. The highest BCUT2D eigenvalue weighted by Crippen LogP contribution is 2.31. The van der Waals surface area contributed by atoms with Gasteiger partial charge in [-0.1, -0.05) is 29.8 Å². The molecule has 6 rings (SSSR count). The average Bonchev–Trinajstić information content (AvgIpc) is 1.20. The fraction of sp³-hybridized carbons (Fsp3) is 0.587. The molecule has 0 aliphatic carbocycles. The molecular weight excluding hydrogens is 1250 g/mol. The van der Waals surface area contributed by atoms with Gasteiger partial charge in [-0.3, -0.25) is 82.4 Å². The number of halogens is 2. The predicted octanol–water partition coefficient (Wildman–Crippen LogP) is 0.393. The molecule has 0 spiro atoms. The molecule has 3 aromatic rings. The molecule has 3 fully saturated rings. The molecule has 3 saturated heterocycles. The summed E-state index contributed by atoms with van der Waals surface area (Å²) in [5.41, 5.74) is 2.97. The third-order valence-corrected chi connectivity index (χ3v) is 17.3. The van der Waals surface area contributed by atoms with Crippen molar-refractivity contribution >= 4 is 88.2 Å². The lowest BCUT2D eigenvalue weighted by Crippen LogP contribution is -2.59. The summed E-state index contributed by atoms with van der Waals surface area (Å²) in [5.74, 6) is -9.74. The molecule has 3 aliphatic heterocycles. The minimum atomic E-state index is -3.07. The highest BCUT2D eigenvalue weighted by molar-refractivity contribution is 7.99. The van der Waals surface area contributed by atoms with Crippen LogP contribution in [0.2, 0.25) is 0 Å². The van der Waals surface area contributed by atoms with E-state index in [0.29, 0.717) is 74.3 Å². The molecular formula is C63H89F2N13O15S. The number of hydrogen-bond acceptors (Lipinski definition) is 20. The molecule has 94 heavy (non-hydrogen) atoms. The van der Waals surface area contributed by atoms with E-state index in [9.17, 15) is 72.0 Å². The SMILES string of the molecule is C/N=C/[C@H]1CC(F)(F)CN1C(=O)CNC(=O)c1ccnc2ccc(OCCCCN3CCN(C(=O)[C@H](CC(=O)OC)NC(=O)[C@H](CSCCNC(=O)CCCc4ccc(C)cc4)NC(=O)CN4CCN(CC(=O)O)CCN(CC(=O)O)CCN(CC(=O)O)CC4)CC3)cc12. The quantitative estimate of drug-likeness (QED) is 0.0246. The fourth-order valence-electron chi connectivity index (χ4n) is 11.1. The highest BCUT2D eigenvalue weighted by Gasteiger charge is 2.46. The maximum absolute atomic E-state index is 14.5. The minimum Gasteiger partial charge on any atom is -0.494 e. The number of rotatable bonds is 33. The van der Waals surface area contributed by atoms with Gasteiger partial charge >= 0.3 is 23.9 Å². The zero-order valence-corrected chi connectivity index (χ0v) is 54.5. The normalized spacial score (nSPS) is 17.9. The van der Waals surface area contributed by atoms with Gasteiger partial charge in [0.05, 0.1) is 76.5 Å². The number of piperazine rings is 1. The number of aliphatic imine (C=N–C) groups is 1. The summed E-state index contributed by atoms with van der Waals surface area (Å²) in [6.07, 6.45) is 4.69. The van der Waals surface area contributed by atoms with E-state index in [4.69, 9.17) is 9.47 Å². The molecule has 7 N–H and O–H groups in total. The van der Waals surface area contributed by atoms with Gasteiger partial charge in [0.1, 0.15) is 17.8 Å². The number of carboxylic acid groups (broad SMARTS) is 3. The van der Waals surface area contributed by atoms with Crippen LogP contribution in [0.5, 0.6) is 5.75 Å². The first-order valence-corrected chi connectivity index (χ1v) is 32.6. The van der Waals surface area contributed by atoms with Gasteiger partial charge in [-0.15, -0.1) is 0 Å². The standard InChI is InChI=1S/C63H89F2N13O15S/c1-44-9-11-45(12-10-44)7-6-8-53(79)68-17-32-94-42-52(70-54(80)38-73-19-21-74(39-56(82)83)23-25-76(41-58(86)87)26-24-75(22-20-73)40-57(84)85)61(90)71-51(34-59(88)92-3)62(91)77-29-27-72(28-30-77)18-4-5-31-93-47-13-14-50-49(33-47)48(15-16-67-50)60(89)69-37-55(81)78-43-63(64,65)35-46(78)36-66-2/h9-16,33,36,46,51-52H,4-8,17-32,34-35,37-43H2,1-3H3,(H,68,79)(H,69,89)(H,70,80)(H,71,90)(H,82,83)(H,84,85)(H,86,87)/b66-36+/t46-,51+,52+/m1/s1. The van der Waals surface area contributed by atoms with Crippen molar-refractivity contribution in [2.24, 2.45) is 4.99 Å². The van der Waals surface area contributed by atoms with Crippen molar-refractivity contribution in [3.05, 3.63) is 71.4 Å². The number of fused-ring (bicyclic) bond motifs is 1. The fourth-order valence-corrected chi connectivity index (χ4v) is 12.0. The van der Waals surface area contributed by atoms with Gasteiger partial charge in [0.2, 0.25) is 29.5 Å². The number of carboxylic acids is 3. The number of unbranched alkanes of at least 4 members (excludes halogenated alkanes) is 1. The van der Waals surface area contributed by atoms with Crippen LogP contribution in [0, 0.1) is 6.92 Å². The number of amides is 6. The molecule has 31 heteroatoms. The summed E-state index contributed by atoms with van der Waals surface area (Å²) < 4.78 is 39.4. The zero-order chi connectivity index (χ0) is 68.2. The van der Waals surface area contributed by atoms with E-state index >= 15 is 0 Å². The Morgan fingerprint density at radius 1 is 0.734 bits per heavy atom. The molecule has 3 aliphatic rings. The summed E-state index contributed by atoms with van der Waals surface area (Å²) in [6.45, 7) is 3.24. The van der Waals surface area contributed by atoms with Crippen LogP contribution >= 0.6 is 11.8 Å². The number of nitrogens with one attached hydrogen (secondary N) is 4. The maximum Gasteiger partial charge on any atom is 0.317 e. The molecule has 0 bridgehead atoms. The number of nitrogens with zero attached hydrogens (tertiary/aromatic N) is 9. The lowest BCUT2D eigenvalue weighted by atomic mass is 10.1. The number of aromatic nitrogens is 1. The smallest absolute Gasteiger partial charge is 0.317 e. The monoisotopic (exact) mass is 1340 g/mol. The summed E-state index contributed by atoms with van der Waals surface area (Å²) in [5, 5.41) is 40.4. The molecule has 2 aromatic carbocycles. The topological polar surface area (TPSA) is 346 Å². The summed E-state index contributed by atoms with van der Waals surface area (Å²) in [6, 6.07) is 11.1. The molecule has 4 heterocycles. The highest BCUT2D eigenvalue weighted by atomic mass is 32.2. The third kappa shape index (κ3) is 26.1. The first kappa shape index (κ1) is 75.1. The number of hydrogen-bond donors (Lipinski definition) is 7. The van der Waals surface area contributed by atoms with Crippen molar-refractivity contribution in [3.8, 4) is 5.75 Å². The molecule has 516 valence electrons. The van der Waals surface area contributed by atoms with Crippen LogP contribution in [-0.4, -0.2) is 307 Å². The molecule has 6 amide bonds. The van der Waals surface area contributed by atoms with Crippen LogP contribution < -0.4 is 26.0 Å². The van der Waals surface area contributed by atoms with Crippen molar-refractivity contribution < 1.29 is 81.5 Å². The molecule has 3 atom stereocenters. The van der Waals surface area contributed by atoms with Crippen molar-refractivity contribution in [2.75, 3.05) is 163 Å². The van der Waals surface area contributed by atoms with E-state index < -0.39 is 103 Å². The Morgan fingerprint density at radius 2 is 1.34 bits per heavy atom. The van der Waals surface area contributed by atoms with E-state index in [-0.39, 0.29) is 115 Å². The van der Waals surface area contributed by atoms with Gasteiger partial charge in [0, 0.05) is 134 Å². The second-order valence-corrected chi connectivity index (χ2v) is 24.7. The molecule has 0 unspecified atom stereocenters. The van der Waals surface area contributed by atoms with Gasteiger partial charge in [-0.2, -0.15) is 11.8 Å². The van der Waals surface area contributed by atoms with Gasteiger partial charge in [-0.05, 0) is 69.0 Å². The number of thioether (sulfide) groups is 1. The number of carbonyl (C=O) groups excluding carboxylic acids is 7. The minimum absolute atomic E-state index is 0.0227. The van der Waals surface area contributed by atoms with Crippen LogP contribution in [-0.2, 0) is 54.3 Å². The Balaban J connectivity index is 1.04. The molecule has 0 radical (unpaired) electrons. The van der Waals surface area contributed by atoms with Gasteiger partial charge in [0.15, 0.2) is 0 Å². The van der Waals surface area contributed by atoms with E-state index in [1.165, 1.54) is 37.3 Å². The molecule has 1 aromatic heterocycles. The average molecular weight is 1340 g/mol. The predicted molar refractivity (Wildman–Crippen MR) is 345 cm³/mol. The Kier molecular flexibility index (Phi) is 30.7. The number of aliphatic carboxylic acids is 3. The number of carbonyl (C=O) groups is 10. The van der Waals surface area contributed by atoms with Crippen molar-refractivity contribution in [2.45, 2.75) is 75.9 Å². The number of esters is 1. The Morgan fingerprint density at radius 3 is 1.94 bits per heavy atom. The summed E-state index contributed by atoms with van der Waals surface area (Å²) >= 11 is 1.26. The van der Waals surface area contributed by atoms with Gasteiger partial charge in [0.25, 0.3) is 11.8 Å². The van der Waals surface area contributed by atoms with Crippen LogP contribution in [0.3, 0.4) is 0 Å². The lowest BCUT2D eigenvalue weighted by Gasteiger charge is -2.36. The molecule has 0 saturated carbocycles. The Bertz CT molecular complexity index is 3060. The number of ether oxygens (including phenoxy) is 2. The number of aryl methyl sites for hydroxylation is 2. The number of benzene rings is 2. The van der Waals surface area contributed by atoms with E-state index in [2.05, 4.69) is 36.1 Å². The van der Waals surface area contributed by atoms with Crippen LogP contribution in [0.1, 0.15) is 60.0 Å². The second-order valence-electron chi connectivity index (χ2n) is 23.5. The van der Waals surface area contributed by atoms with Gasteiger partial charge in [-0.25, -0.2) is 8.78 Å². The molecule has 28 nitrogen and oxygen atoms in total. The van der Waals surface area contributed by atoms with E-state index in [1.807, 2.05) is 31.2 Å². The van der Waals surface area contributed by atoms with E-state index in [0.717, 1.165) is 29.6 Å². The van der Waals surface area contributed by atoms with Crippen LogP contribution in [0.25, 0.3) is 10.9 Å². The largest absolute Gasteiger partial charge is 0.494 e. The maximum atomic E-state index is 14.5. The number of methoxy groups -OCH3 is 1. The van der Waals surface area contributed by atoms with Crippen molar-refractivity contribution in [1.29, 1.82) is 0 Å². The first-order chi connectivity index (χ1) is 45.0. The van der Waals surface area contributed by atoms with Crippen LogP contribution in [0.4, 0.5) is 8.78 Å². The zero-order valence-electron chi connectivity index (χ0n) is 53.6. The Labute approximate surface area is 549 Å². The number of likely N-dealkylation sites (tertiary alicyclic amines) is 1. The van der Waals surface area contributed by atoms with Crippen molar-refractivity contribution in [3.63, 3.8) is 0 Å². The third-order valence-electron chi connectivity index (χ3n) is 16.2.